The highest BCUT2D eigenvalue weighted by atomic mass is 16.3. The Hall–Kier alpha value is -4.32. The highest BCUT2D eigenvalue weighted by Crippen LogP contribution is 2.16. The van der Waals surface area contributed by atoms with Crippen molar-refractivity contribution in [1.29, 1.82) is 0 Å². The van der Waals surface area contributed by atoms with Crippen LogP contribution in [0.3, 0.4) is 0 Å². The van der Waals surface area contributed by atoms with E-state index in [9.17, 15) is 5.11 Å². The molecule has 1 nitrogen and oxygen atoms in total. The lowest BCUT2D eigenvalue weighted by Crippen LogP contribution is -1.87. The van der Waals surface area contributed by atoms with Gasteiger partial charge in [0.1, 0.15) is 0 Å². The fourth-order valence-electron chi connectivity index (χ4n) is 1.51. The number of aliphatic hydroxyl groups is 1. The van der Waals surface area contributed by atoms with Gasteiger partial charge < -0.3 is 5.11 Å². The minimum Gasteiger partial charge on any atom is -0.500 e. The molecule has 0 radical (unpaired) electrons. The van der Waals surface area contributed by atoms with Crippen LogP contribution in [0.15, 0.2) is 105 Å². The Kier molecular flexibility index (Phi) is 8.45. The Labute approximate surface area is 146 Å². The van der Waals surface area contributed by atoms with Crippen LogP contribution in [0.25, 0.3) is 5.76 Å². The molecule has 114 valence electrons. The van der Waals surface area contributed by atoms with Crippen molar-refractivity contribution >= 4 is 5.76 Å². The van der Waals surface area contributed by atoms with Crippen molar-refractivity contribution in [3.05, 3.63) is 122 Å². The quantitative estimate of drug-likeness (QED) is 0.571. The van der Waals surface area contributed by atoms with Gasteiger partial charge in [-0.3, -0.25) is 0 Å². The minimum absolute atomic E-state index is 0.0109. The first-order chi connectivity index (χ1) is 12.1. The first-order valence-corrected chi connectivity index (χ1v) is 7.07. The molecule has 0 saturated heterocycles. The fourth-order valence-corrected chi connectivity index (χ4v) is 1.51. The van der Waals surface area contributed by atoms with Gasteiger partial charge in [0, 0.05) is 5.56 Å². The van der Waals surface area contributed by atoms with Gasteiger partial charge in [-0.1, -0.05) is 23.4 Å². The largest absolute Gasteiger partial charge is 0.500 e. The number of aryl methyl sites for hydroxylation is 2. The Morgan fingerprint density at radius 3 is 1.76 bits per heavy atom. The summed E-state index contributed by atoms with van der Waals surface area (Å²) < 4.78 is 0. The van der Waals surface area contributed by atoms with Crippen LogP contribution >= 0.6 is 0 Å². The second-order valence-corrected chi connectivity index (χ2v) is 4.47. The summed E-state index contributed by atoms with van der Waals surface area (Å²) in [6.45, 7) is 7.17. The predicted molar refractivity (Wildman–Crippen MR) is 96.8 cm³/mol. The Morgan fingerprint density at radius 2 is 1.24 bits per heavy atom. The molecule has 1 aromatic rings. The zero-order valence-electron chi connectivity index (χ0n) is 13.9. The van der Waals surface area contributed by atoms with Crippen LogP contribution in [0.5, 0.6) is 0 Å². The van der Waals surface area contributed by atoms with E-state index in [0.717, 1.165) is 11.1 Å². The molecule has 0 atom stereocenters. The highest BCUT2D eigenvalue weighted by molar-refractivity contribution is 5.61. The van der Waals surface area contributed by atoms with Crippen molar-refractivity contribution < 1.29 is 5.11 Å². The van der Waals surface area contributed by atoms with Gasteiger partial charge in [-0.25, -0.2) is 0 Å². The van der Waals surface area contributed by atoms with Crippen LogP contribution in [0.2, 0.25) is 0 Å². The van der Waals surface area contributed by atoms with Crippen molar-refractivity contribution in [3.63, 3.8) is 0 Å². The summed E-state index contributed by atoms with van der Waals surface area (Å²) in [5.41, 5.74) is 37.7. The second kappa shape index (κ2) is 11.3. The number of aliphatic hydroxyl groups excluding tert-OH is 1. The molecule has 0 bridgehead atoms. The molecule has 1 aromatic carbocycles. The first kappa shape index (κ1) is 18.7. The van der Waals surface area contributed by atoms with E-state index in [2.05, 4.69) is 86.8 Å². The molecule has 25 heavy (non-hydrogen) atoms. The summed E-state index contributed by atoms with van der Waals surface area (Å²) in [5.74, 6) is -0.0109. The Balaban J connectivity index is 3.31. The number of hydrogen-bond acceptors (Lipinski definition) is 1. The summed E-state index contributed by atoms with van der Waals surface area (Å²) >= 11 is 0. The Morgan fingerprint density at radius 1 is 0.760 bits per heavy atom. The van der Waals surface area contributed by atoms with Gasteiger partial charge in [0.15, 0.2) is 5.76 Å². The monoisotopic (exact) mass is 316 g/mol. The van der Waals surface area contributed by atoms with Gasteiger partial charge in [-0.2, -0.15) is 0 Å². The van der Waals surface area contributed by atoms with Gasteiger partial charge in [-0.15, -0.1) is 0 Å². The zero-order valence-corrected chi connectivity index (χ0v) is 13.9. The van der Waals surface area contributed by atoms with Gasteiger partial charge in [0.2, 0.25) is 0 Å². The summed E-state index contributed by atoms with van der Waals surface area (Å²) in [4.78, 5) is 0. The normalized spacial score (nSPS) is 6.48. The van der Waals surface area contributed by atoms with E-state index < -0.39 is 0 Å². The SMILES string of the molecule is C=C=C=C=C=C=C=C=C=C=C=C=C=C=C=C(O)c1cc(C)ccc1C. The van der Waals surface area contributed by atoms with Gasteiger partial charge >= 0.3 is 0 Å². The third-order valence-corrected chi connectivity index (χ3v) is 2.60. The molecule has 1 heteroatoms. The average molecular weight is 316 g/mol. The van der Waals surface area contributed by atoms with E-state index in [1.165, 1.54) is 0 Å². The highest BCUT2D eigenvalue weighted by Gasteiger charge is 2.02. The third-order valence-electron chi connectivity index (χ3n) is 2.60. The second-order valence-electron chi connectivity index (χ2n) is 4.47. The summed E-state index contributed by atoms with van der Waals surface area (Å²) in [6.07, 6.45) is 0. The van der Waals surface area contributed by atoms with Crippen LogP contribution in [-0.4, -0.2) is 5.11 Å². The van der Waals surface area contributed by atoms with Crippen molar-refractivity contribution in [1.82, 2.24) is 0 Å². The summed E-state index contributed by atoms with van der Waals surface area (Å²) in [5, 5.41) is 9.98. The standard InChI is InChI=1S/C24H12O/c1-4-5-6-7-8-9-10-11-12-13-14-15-16-17-24(25)23-20-21(2)18-19-22(23)3/h18-20,25H,1H2,2-3H3. The summed E-state index contributed by atoms with van der Waals surface area (Å²) in [7, 11) is 0. The molecule has 0 saturated carbocycles. The average Bonchev–Trinajstić information content (AvgIpc) is 2.61. The van der Waals surface area contributed by atoms with E-state index in [4.69, 9.17) is 0 Å². The topological polar surface area (TPSA) is 20.2 Å². The van der Waals surface area contributed by atoms with Crippen molar-refractivity contribution in [3.8, 4) is 0 Å². The van der Waals surface area contributed by atoms with Crippen LogP contribution in [-0.2, 0) is 0 Å². The van der Waals surface area contributed by atoms with Crippen molar-refractivity contribution in [2.45, 2.75) is 13.8 Å². The zero-order chi connectivity index (χ0) is 18.3. The van der Waals surface area contributed by atoms with Crippen molar-refractivity contribution in [2.75, 3.05) is 0 Å². The molecule has 0 unspecified atom stereocenters. The molecule has 0 aliphatic carbocycles. The molecule has 0 aliphatic rings. The van der Waals surface area contributed by atoms with E-state index in [1.54, 1.807) is 0 Å². The maximum Gasteiger partial charge on any atom is 0.175 e. The molecular formula is C24H12O. The van der Waals surface area contributed by atoms with Gasteiger partial charge in [0.25, 0.3) is 0 Å². The number of hydrogen-bond donors (Lipinski definition) is 1. The molecule has 0 spiro atoms. The van der Waals surface area contributed by atoms with Crippen LogP contribution < -0.4 is 0 Å². The molecule has 0 amide bonds. The minimum atomic E-state index is -0.0109. The molecular weight excluding hydrogens is 304 g/mol. The molecule has 0 heterocycles. The van der Waals surface area contributed by atoms with E-state index >= 15 is 0 Å². The smallest absolute Gasteiger partial charge is 0.175 e. The molecule has 0 fully saturated rings. The third kappa shape index (κ3) is 8.03. The maximum absolute atomic E-state index is 9.98. The van der Waals surface area contributed by atoms with E-state index in [0.29, 0.717) is 5.56 Å². The molecule has 1 rings (SSSR count). The maximum atomic E-state index is 9.98. The number of rotatable bonds is 1. The first-order valence-electron chi connectivity index (χ1n) is 7.07. The van der Waals surface area contributed by atoms with Crippen LogP contribution in [0, 0.1) is 13.8 Å². The lowest BCUT2D eigenvalue weighted by Gasteiger charge is -2.03. The molecule has 1 N–H and O–H groups in total. The fraction of sp³-hybridized carbons (Fsp3) is 0.0833. The summed E-state index contributed by atoms with van der Waals surface area (Å²) in [6, 6.07) is 5.78. The van der Waals surface area contributed by atoms with Crippen LogP contribution in [0.1, 0.15) is 16.7 Å². The van der Waals surface area contributed by atoms with Gasteiger partial charge in [-0.05, 0) is 107 Å². The number of benzene rings is 1. The molecule has 0 aliphatic heterocycles. The van der Waals surface area contributed by atoms with Crippen molar-refractivity contribution in [2.24, 2.45) is 0 Å². The Bertz CT molecular complexity index is 1210. The lowest BCUT2D eigenvalue weighted by molar-refractivity contribution is 0.512. The van der Waals surface area contributed by atoms with E-state index in [-0.39, 0.29) is 5.76 Å². The van der Waals surface area contributed by atoms with Crippen LogP contribution in [0.4, 0.5) is 0 Å². The van der Waals surface area contributed by atoms with Gasteiger partial charge in [0.05, 0.1) is 0 Å². The predicted octanol–water partition coefficient (Wildman–Crippen LogP) is 5.00. The lowest BCUT2D eigenvalue weighted by atomic mass is 10.0. The van der Waals surface area contributed by atoms with E-state index in [1.807, 2.05) is 32.0 Å². The molecule has 0 aromatic heterocycles.